The van der Waals surface area contributed by atoms with E-state index in [1.807, 2.05) is 60.4 Å². The molecular weight excluding hydrogens is 353 g/mol. The Hall–Kier alpha value is -3.16. The summed E-state index contributed by atoms with van der Waals surface area (Å²) in [5.74, 6) is 1.73. The molecule has 0 spiro atoms. The van der Waals surface area contributed by atoms with Gasteiger partial charge in [-0.05, 0) is 22.8 Å². The lowest BCUT2D eigenvalue weighted by molar-refractivity contribution is 0.104. The molecule has 0 saturated carbocycles. The smallest absolute Gasteiger partial charge is 0.267 e. The lowest BCUT2D eigenvalue weighted by atomic mass is 10.4. The second kappa shape index (κ2) is 7.61. The summed E-state index contributed by atoms with van der Waals surface area (Å²) in [5, 5.41) is 3.34. The molecule has 1 aromatic heterocycles. The van der Waals surface area contributed by atoms with Crippen LogP contribution < -0.4 is 15.9 Å². The Morgan fingerprint density at radius 1 is 0.741 bits per heavy atom. The van der Waals surface area contributed by atoms with Crippen LogP contribution in [0.15, 0.2) is 108 Å². The Labute approximate surface area is 158 Å². The van der Waals surface area contributed by atoms with Crippen molar-refractivity contribution in [2.75, 3.05) is 0 Å². The molecule has 0 fully saturated rings. The summed E-state index contributed by atoms with van der Waals surface area (Å²) in [6.45, 7) is -2.32. The zero-order valence-corrected chi connectivity index (χ0v) is 15.5. The minimum atomic E-state index is -2.32. The van der Waals surface area contributed by atoms with Gasteiger partial charge in [0.15, 0.2) is 0 Å². The predicted octanol–water partition coefficient (Wildman–Crippen LogP) is 3.65. The first kappa shape index (κ1) is 17.3. The maximum Gasteiger partial charge on any atom is 0.267 e. The summed E-state index contributed by atoms with van der Waals surface area (Å²) in [6.07, 6.45) is 2.92. The minimum Gasteiger partial charge on any atom is -0.442 e. The highest BCUT2D eigenvalue weighted by molar-refractivity contribution is 7.95. The standard InChI is InChI=1S/C23H18NO2P/c25-22(23-24-16-17-26-23)18-27(19-10-4-1-5-11-19,20-12-6-2-7-13-20)21-14-8-3-9-15-21/h1-18H. The quantitative estimate of drug-likeness (QED) is 0.397. The molecule has 0 saturated heterocycles. The third kappa shape index (κ3) is 3.30. The average Bonchev–Trinajstić information content (AvgIpc) is 3.29. The van der Waals surface area contributed by atoms with Gasteiger partial charge in [0, 0.05) is 5.80 Å². The highest BCUT2D eigenvalue weighted by Gasteiger charge is 2.27. The maximum atomic E-state index is 13.1. The van der Waals surface area contributed by atoms with E-state index in [1.165, 1.54) is 12.5 Å². The number of aromatic nitrogens is 1. The molecule has 0 aliphatic heterocycles. The molecule has 4 rings (SSSR count). The van der Waals surface area contributed by atoms with E-state index < -0.39 is 6.89 Å². The first-order chi connectivity index (χ1) is 13.3. The van der Waals surface area contributed by atoms with Crippen molar-refractivity contribution in [3.8, 4) is 0 Å². The molecule has 27 heavy (non-hydrogen) atoms. The molecule has 0 bridgehead atoms. The summed E-state index contributed by atoms with van der Waals surface area (Å²) in [5.41, 5.74) is 0. The van der Waals surface area contributed by atoms with E-state index in [-0.39, 0.29) is 11.7 Å². The van der Waals surface area contributed by atoms with Crippen LogP contribution in [-0.2, 0) is 0 Å². The number of carbonyl (C=O) groups excluding carboxylic acids is 1. The van der Waals surface area contributed by atoms with Gasteiger partial charge in [-0.1, -0.05) is 91.0 Å². The average molecular weight is 371 g/mol. The van der Waals surface area contributed by atoms with Gasteiger partial charge in [-0.25, -0.2) is 4.98 Å². The van der Waals surface area contributed by atoms with Crippen molar-refractivity contribution in [3.63, 3.8) is 0 Å². The van der Waals surface area contributed by atoms with Crippen LogP contribution in [0.1, 0.15) is 10.7 Å². The van der Waals surface area contributed by atoms with Crippen molar-refractivity contribution < 1.29 is 9.21 Å². The Balaban J connectivity index is 2.08. The lowest BCUT2D eigenvalue weighted by Gasteiger charge is -2.28. The molecule has 0 aliphatic carbocycles. The van der Waals surface area contributed by atoms with Crippen LogP contribution >= 0.6 is 6.89 Å². The van der Waals surface area contributed by atoms with Gasteiger partial charge in [0.1, 0.15) is 6.26 Å². The SMILES string of the molecule is O=C(C=P(c1ccccc1)(c1ccccc1)c1ccccc1)c1ncco1. The molecule has 132 valence electrons. The number of Topliss-reactive ketones (excluding diaryl/α,β-unsaturated/α-hetero) is 1. The monoisotopic (exact) mass is 371 g/mol. The zero-order valence-electron chi connectivity index (χ0n) is 14.6. The summed E-state index contributed by atoms with van der Waals surface area (Å²) >= 11 is 0. The van der Waals surface area contributed by atoms with Crippen LogP contribution in [0, 0.1) is 0 Å². The molecule has 0 radical (unpaired) electrons. The van der Waals surface area contributed by atoms with Gasteiger partial charge in [-0.3, -0.25) is 4.79 Å². The third-order valence-corrected chi connectivity index (χ3v) is 8.40. The van der Waals surface area contributed by atoms with Crippen molar-refractivity contribution >= 4 is 34.4 Å². The summed E-state index contributed by atoms with van der Waals surface area (Å²) in [4.78, 5) is 17.1. The van der Waals surface area contributed by atoms with Crippen LogP contribution in [-0.4, -0.2) is 16.6 Å². The number of carbonyl (C=O) groups is 1. The molecule has 1 heterocycles. The van der Waals surface area contributed by atoms with Crippen LogP contribution in [0.5, 0.6) is 0 Å². The lowest BCUT2D eigenvalue weighted by Crippen LogP contribution is -2.28. The van der Waals surface area contributed by atoms with E-state index in [0.717, 1.165) is 15.9 Å². The first-order valence-corrected chi connectivity index (χ1v) is 10.5. The van der Waals surface area contributed by atoms with Crippen LogP contribution in [0.2, 0.25) is 0 Å². The number of nitrogens with zero attached hydrogens (tertiary/aromatic N) is 1. The van der Waals surface area contributed by atoms with Gasteiger partial charge in [-0.15, -0.1) is 0 Å². The number of hydrogen-bond donors (Lipinski definition) is 0. The molecule has 4 aromatic rings. The zero-order chi connectivity index (χ0) is 18.5. The molecule has 0 amide bonds. The van der Waals surface area contributed by atoms with Crippen LogP contribution in [0.4, 0.5) is 0 Å². The Bertz CT molecular complexity index is 970. The fourth-order valence-electron chi connectivity index (χ4n) is 3.24. The molecule has 0 aliphatic rings. The molecule has 0 atom stereocenters. The third-order valence-electron chi connectivity index (χ3n) is 4.44. The Kier molecular flexibility index (Phi) is 4.86. The van der Waals surface area contributed by atoms with Gasteiger partial charge in [0.25, 0.3) is 5.89 Å². The van der Waals surface area contributed by atoms with Crippen molar-refractivity contribution in [1.82, 2.24) is 4.98 Å². The van der Waals surface area contributed by atoms with Crippen molar-refractivity contribution in [3.05, 3.63) is 109 Å². The molecule has 3 nitrogen and oxygen atoms in total. The van der Waals surface area contributed by atoms with Crippen molar-refractivity contribution in [1.29, 1.82) is 0 Å². The summed E-state index contributed by atoms with van der Waals surface area (Å²) in [7, 11) is 0. The second-order valence-electron chi connectivity index (χ2n) is 6.06. The number of ketones is 1. The normalized spacial score (nSPS) is 11.1. The second-order valence-corrected chi connectivity index (χ2v) is 9.31. The van der Waals surface area contributed by atoms with Gasteiger partial charge in [0.05, 0.1) is 6.20 Å². The summed E-state index contributed by atoms with van der Waals surface area (Å²) in [6, 6.07) is 30.6. The fourth-order valence-corrected chi connectivity index (χ4v) is 6.97. The van der Waals surface area contributed by atoms with Gasteiger partial charge in [-0.2, -0.15) is 0 Å². The number of benzene rings is 3. The van der Waals surface area contributed by atoms with E-state index in [2.05, 4.69) is 41.4 Å². The molecule has 4 heteroatoms. The van der Waals surface area contributed by atoms with E-state index in [0.29, 0.717) is 0 Å². The Morgan fingerprint density at radius 2 is 1.19 bits per heavy atom. The topological polar surface area (TPSA) is 43.1 Å². The van der Waals surface area contributed by atoms with E-state index in [9.17, 15) is 4.79 Å². The van der Waals surface area contributed by atoms with Crippen molar-refractivity contribution in [2.24, 2.45) is 0 Å². The fraction of sp³-hybridized carbons (Fsp3) is 0. The highest BCUT2D eigenvalue weighted by Crippen LogP contribution is 2.43. The molecule has 0 N–H and O–H groups in total. The van der Waals surface area contributed by atoms with E-state index in [4.69, 9.17) is 4.42 Å². The van der Waals surface area contributed by atoms with Gasteiger partial charge >= 0.3 is 0 Å². The van der Waals surface area contributed by atoms with E-state index in [1.54, 1.807) is 0 Å². The van der Waals surface area contributed by atoms with Crippen LogP contribution in [0.3, 0.4) is 0 Å². The predicted molar refractivity (Wildman–Crippen MR) is 112 cm³/mol. The Morgan fingerprint density at radius 3 is 1.56 bits per heavy atom. The molecular formula is C23H18NO2P. The van der Waals surface area contributed by atoms with E-state index >= 15 is 0 Å². The van der Waals surface area contributed by atoms with Crippen molar-refractivity contribution in [2.45, 2.75) is 0 Å². The number of rotatable bonds is 5. The number of oxazole rings is 1. The largest absolute Gasteiger partial charge is 0.442 e. The minimum absolute atomic E-state index is 0.113. The van der Waals surface area contributed by atoms with Crippen LogP contribution in [0.25, 0.3) is 0 Å². The molecule has 0 unspecified atom stereocenters. The van der Waals surface area contributed by atoms with Gasteiger partial charge in [0.2, 0.25) is 5.78 Å². The van der Waals surface area contributed by atoms with Gasteiger partial charge < -0.3 is 4.42 Å². The highest BCUT2D eigenvalue weighted by atomic mass is 31.2. The molecule has 3 aromatic carbocycles. The number of hydrogen-bond acceptors (Lipinski definition) is 3. The summed E-state index contributed by atoms with van der Waals surface area (Å²) < 4.78 is 5.27. The first-order valence-electron chi connectivity index (χ1n) is 8.66. The maximum absolute atomic E-state index is 13.1.